The van der Waals surface area contributed by atoms with Gasteiger partial charge in [0.25, 0.3) is 0 Å². The molecule has 0 saturated heterocycles. The number of anilines is 1. The van der Waals surface area contributed by atoms with Crippen LogP contribution in [0.25, 0.3) is 11.0 Å². The van der Waals surface area contributed by atoms with Crippen LogP contribution >= 0.6 is 23.2 Å². The summed E-state index contributed by atoms with van der Waals surface area (Å²) >= 11 is 12.3. The maximum atomic E-state index is 9.18. The zero-order chi connectivity index (χ0) is 15.7. The van der Waals surface area contributed by atoms with E-state index in [4.69, 9.17) is 33.7 Å². The number of halogens is 2. The second-order valence-corrected chi connectivity index (χ2v) is 5.22. The van der Waals surface area contributed by atoms with E-state index in [1.165, 1.54) is 6.20 Å². The van der Waals surface area contributed by atoms with E-state index in [0.717, 1.165) is 0 Å². The molecule has 3 aromatic rings. The largest absolute Gasteiger partial charge is 0.483 e. The first-order valence-electron chi connectivity index (χ1n) is 6.26. The van der Waals surface area contributed by atoms with Crippen LogP contribution in [-0.2, 0) is 13.2 Å². The van der Waals surface area contributed by atoms with E-state index in [-0.39, 0.29) is 24.2 Å². The highest BCUT2D eigenvalue weighted by atomic mass is 35.5. The quantitative estimate of drug-likeness (QED) is 0.672. The van der Waals surface area contributed by atoms with Crippen molar-refractivity contribution in [2.75, 3.05) is 5.73 Å². The summed E-state index contributed by atoms with van der Waals surface area (Å²) in [6.07, 6.45) is 1.54. The van der Waals surface area contributed by atoms with Gasteiger partial charge < -0.3 is 20.6 Å². The highest BCUT2D eigenvalue weighted by molar-refractivity contribution is 6.44. The fraction of sp³-hybridized carbons (Fsp3) is 0.154. The normalized spacial score (nSPS) is 11.0. The molecule has 0 aliphatic rings. The van der Waals surface area contributed by atoms with Gasteiger partial charge in [-0.1, -0.05) is 23.2 Å². The number of nitrogens with two attached hydrogens (primary N) is 1. The van der Waals surface area contributed by atoms with Gasteiger partial charge in [0.15, 0.2) is 5.75 Å². The Bertz CT molecular complexity index is 837. The van der Waals surface area contributed by atoms with E-state index >= 15 is 0 Å². The van der Waals surface area contributed by atoms with Crippen LogP contribution < -0.4 is 10.5 Å². The summed E-state index contributed by atoms with van der Waals surface area (Å²) in [6.45, 7) is -0.102. The zero-order valence-corrected chi connectivity index (χ0v) is 12.7. The van der Waals surface area contributed by atoms with Crippen molar-refractivity contribution in [3.05, 3.63) is 39.9 Å². The van der Waals surface area contributed by atoms with Gasteiger partial charge in [-0.15, -0.1) is 0 Å². The van der Waals surface area contributed by atoms with Crippen molar-refractivity contribution in [2.24, 2.45) is 0 Å². The van der Waals surface area contributed by atoms with Gasteiger partial charge >= 0.3 is 0 Å². The lowest BCUT2D eigenvalue weighted by atomic mass is 10.3. The van der Waals surface area contributed by atoms with Crippen LogP contribution in [0.1, 0.15) is 11.5 Å². The second kappa shape index (κ2) is 5.96. The lowest BCUT2D eigenvalue weighted by Crippen LogP contribution is -2.03. The summed E-state index contributed by atoms with van der Waals surface area (Å²) in [6, 6.07) is 3.30. The average Bonchev–Trinajstić information content (AvgIpc) is 2.90. The Labute approximate surface area is 135 Å². The lowest BCUT2D eigenvalue weighted by Gasteiger charge is -2.09. The van der Waals surface area contributed by atoms with Gasteiger partial charge in [-0.2, -0.15) is 0 Å². The van der Waals surface area contributed by atoms with Crippen molar-refractivity contribution in [3.63, 3.8) is 0 Å². The number of nitrogens with zero attached hydrogens (tertiary/aromatic N) is 3. The molecule has 0 saturated carbocycles. The summed E-state index contributed by atoms with van der Waals surface area (Å²) in [7, 11) is 0. The third-order valence-electron chi connectivity index (χ3n) is 2.92. The molecule has 0 radical (unpaired) electrons. The van der Waals surface area contributed by atoms with Crippen LogP contribution in [0.5, 0.6) is 5.75 Å². The van der Waals surface area contributed by atoms with Crippen LogP contribution in [-0.4, -0.2) is 25.0 Å². The highest BCUT2D eigenvalue weighted by Gasteiger charge is 2.16. The minimum Gasteiger partial charge on any atom is -0.483 e. The first-order chi connectivity index (χ1) is 10.6. The van der Waals surface area contributed by atoms with E-state index in [2.05, 4.69) is 19.9 Å². The minimum absolute atomic E-state index is 0.128. The van der Waals surface area contributed by atoms with E-state index in [1.807, 2.05) is 0 Å². The molecule has 3 rings (SSSR count). The number of aliphatic hydroxyl groups excluding tert-OH is 1. The van der Waals surface area contributed by atoms with Crippen molar-refractivity contribution < 1.29 is 9.84 Å². The molecule has 0 unspecified atom stereocenters. The number of nitrogens with one attached hydrogen (secondary N) is 1. The molecular formula is C13H11Cl2N5O2. The van der Waals surface area contributed by atoms with Crippen molar-refractivity contribution in [1.29, 1.82) is 0 Å². The maximum Gasteiger partial charge on any atom is 0.220 e. The summed E-state index contributed by atoms with van der Waals surface area (Å²) in [4.78, 5) is 15.0. The van der Waals surface area contributed by atoms with Crippen LogP contribution in [0.2, 0.25) is 10.0 Å². The van der Waals surface area contributed by atoms with Gasteiger partial charge in [-0.25, -0.2) is 15.0 Å². The fourth-order valence-corrected chi connectivity index (χ4v) is 2.36. The molecule has 0 fully saturated rings. The molecule has 0 bridgehead atoms. The number of nitrogen functional groups attached to an aromatic ring is 1. The second-order valence-electron chi connectivity index (χ2n) is 4.43. The van der Waals surface area contributed by atoms with E-state index < -0.39 is 0 Å². The van der Waals surface area contributed by atoms with Crippen LogP contribution in [0.3, 0.4) is 0 Å². The van der Waals surface area contributed by atoms with Crippen molar-refractivity contribution >= 4 is 40.2 Å². The van der Waals surface area contributed by atoms with Gasteiger partial charge in [-0.3, -0.25) is 0 Å². The minimum atomic E-state index is -0.230. The molecule has 4 N–H and O–H groups in total. The SMILES string of the molecule is Nc1nccc(COc2c(Cl)c(Cl)cc3[nH]c(CO)nc23)n1. The van der Waals surface area contributed by atoms with Crippen LogP contribution in [0.4, 0.5) is 5.95 Å². The number of fused-ring (bicyclic) bond motifs is 1. The molecular weight excluding hydrogens is 329 g/mol. The summed E-state index contributed by atoms with van der Waals surface area (Å²) in [5, 5.41) is 9.74. The van der Waals surface area contributed by atoms with Crippen molar-refractivity contribution in [3.8, 4) is 5.75 Å². The van der Waals surface area contributed by atoms with Crippen LogP contribution in [0.15, 0.2) is 18.3 Å². The van der Waals surface area contributed by atoms with Gasteiger partial charge in [0.05, 0.1) is 16.2 Å². The number of imidazole rings is 1. The Balaban J connectivity index is 1.98. The van der Waals surface area contributed by atoms with Gasteiger partial charge in [0.2, 0.25) is 5.95 Å². The summed E-state index contributed by atoms with van der Waals surface area (Å²) in [5.41, 5.74) is 7.22. The third-order valence-corrected chi connectivity index (χ3v) is 3.69. The monoisotopic (exact) mass is 339 g/mol. The topological polar surface area (TPSA) is 110 Å². The molecule has 0 amide bonds. The van der Waals surface area contributed by atoms with Gasteiger partial charge in [0.1, 0.15) is 29.6 Å². The van der Waals surface area contributed by atoms with Crippen LogP contribution in [0, 0.1) is 0 Å². The molecule has 0 aliphatic heterocycles. The molecule has 7 nitrogen and oxygen atoms in total. The number of H-pyrrole nitrogens is 1. The first kappa shape index (κ1) is 14.8. The Morgan fingerprint density at radius 1 is 1.32 bits per heavy atom. The molecule has 0 spiro atoms. The van der Waals surface area contributed by atoms with E-state index in [0.29, 0.717) is 33.3 Å². The fourth-order valence-electron chi connectivity index (χ4n) is 1.96. The first-order valence-corrected chi connectivity index (χ1v) is 7.01. The number of aromatic amines is 1. The predicted molar refractivity (Wildman–Crippen MR) is 82.8 cm³/mol. The number of ether oxygens (including phenoxy) is 1. The predicted octanol–water partition coefficient (Wildman–Crippen LogP) is 2.31. The summed E-state index contributed by atoms with van der Waals surface area (Å²) < 4.78 is 5.70. The standard InChI is InChI=1S/C13H11Cl2N5O2/c14-7-3-8-11(20-9(4-21)19-8)12(10(7)15)22-5-6-1-2-17-13(16)18-6/h1-3,21H,4-5H2,(H,19,20)(H2,16,17,18). The Morgan fingerprint density at radius 3 is 2.86 bits per heavy atom. The smallest absolute Gasteiger partial charge is 0.220 e. The summed E-state index contributed by atoms with van der Waals surface area (Å²) in [5.74, 6) is 0.868. The third kappa shape index (κ3) is 2.78. The van der Waals surface area contributed by atoms with Gasteiger partial charge in [-0.05, 0) is 12.1 Å². The van der Waals surface area contributed by atoms with Crippen molar-refractivity contribution in [1.82, 2.24) is 19.9 Å². The molecule has 1 aromatic carbocycles. The van der Waals surface area contributed by atoms with E-state index in [9.17, 15) is 5.11 Å². The molecule has 0 aliphatic carbocycles. The highest BCUT2D eigenvalue weighted by Crippen LogP contribution is 2.38. The number of rotatable bonds is 4. The number of aromatic nitrogens is 4. The Kier molecular flexibility index (Phi) is 4.02. The lowest BCUT2D eigenvalue weighted by molar-refractivity contribution is 0.272. The average molecular weight is 340 g/mol. The number of benzene rings is 1. The molecule has 0 atom stereocenters. The molecule has 2 heterocycles. The Morgan fingerprint density at radius 2 is 2.14 bits per heavy atom. The number of aliphatic hydroxyl groups is 1. The van der Waals surface area contributed by atoms with Gasteiger partial charge in [0, 0.05) is 6.20 Å². The molecule has 9 heteroatoms. The number of hydrogen-bond donors (Lipinski definition) is 3. The van der Waals surface area contributed by atoms with Crippen molar-refractivity contribution in [2.45, 2.75) is 13.2 Å². The molecule has 22 heavy (non-hydrogen) atoms. The Hall–Kier alpha value is -2.09. The molecule has 2 aromatic heterocycles. The van der Waals surface area contributed by atoms with E-state index in [1.54, 1.807) is 12.1 Å². The maximum absolute atomic E-state index is 9.18. The number of hydrogen-bond acceptors (Lipinski definition) is 6. The zero-order valence-electron chi connectivity index (χ0n) is 11.2. The molecule has 114 valence electrons.